The number of nitrogens with zero attached hydrogens (tertiary/aromatic N) is 2. The number of rotatable bonds is 1. The predicted octanol–water partition coefficient (Wildman–Crippen LogP) is 2.65. The lowest BCUT2D eigenvalue weighted by atomic mass is 10.0. The summed E-state index contributed by atoms with van der Waals surface area (Å²) in [6.45, 7) is 3.87. The van der Waals surface area contributed by atoms with Gasteiger partial charge in [-0.25, -0.2) is 0 Å². The van der Waals surface area contributed by atoms with Crippen LogP contribution in [0.1, 0.15) is 19.4 Å². The SMILES string of the molecule is CC1(C)C=C(n2cc(N)cc(Br)c2=O)c2cnccc2O1. The number of halogens is 1. The first-order chi connectivity index (χ1) is 9.87. The number of hydrogen-bond acceptors (Lipinski definition) is 4. The maximum absolute atomic E-state index is 12.4. The molecule has 0 aromatic carbocycles. The van der Waals surface area contributed by atoms with Gasteiger partial charge in [0, 0.05) is 24.3 Å². The van der Waals surface area contributed by atoms with Crippen molar-refractivity contribution in [2.75, 3.05) is 5.73 Å². The van der Waals surface area contributed by atoms with E-state index < -0.39 is 5.60 Å². The number of ether oxygens (including phenoxy) is 1. The van der Waals surface area contributed by atoms with Gasteiger partial charge in [-0.15, -0.1) is 0 Å². The number of anilines is 1. The summed E-state index contributed by atoms with van der Waals surface area (Å²) in [5.41, 5.74) is 7.13. The number of pyridine rings is 2. The number of fused-ring (bicyclic) bond motifs is 1. The fourth-order valence-electron chi connectivity index (χ4n) is 2.33. The molecule has 0 aliphatic carbocycles. The zero-order chi connectivity index (χ0) is 15.2. The van der Waals surface area contributed by atoms with Gasteiger partial charge in [0.2, 0.25) is 0 Å². The average molecular weight is 348 g/mol. The van der Waals surface area contributed by atoms with Gasteiger partial charge >= 0.3 is 0 Å². The molecule has 3 rings (SSSR count). The molecular weight excluding hydrogens is 334 g/mol. The molecule has 2 N–H and O–H groups in total. The second-order valence-corrected chi connectivity index (χ2v) is 6.26. The molecule has 5 nitrogen and oxygen atoms in total. The molecule has 2 aromatic heterocycles. The summed E-state index contributed by atoms with van der Waals surface area (Å²) in [7, 11) is 0. The molecule has 6 heteroatoms. The second-order valence-electron chi connectivity index (χ2n) is 5.40. The largest absolute Gasteiger partial charge is 0.483 e. The molecule has 0 fully saturated rings. The van der Waals surface area contributed by atoms with Crippen LogP contribution in [0.15, 0.2) is 46.1 Å². The Morgan fingerprint density at radius 3 is 2.95 bits per heavy atom. The van der Waals surface area contributed by atoms with Crippen molar-refractivity contribution in [1.29, 1.82) is 0 Å². The van der Waals surface area contributed by atoms with Crippen molar-refractivity contribution in [3.05, 3.63) is 57.2 Å². The highest BCUT2D eigenvalue weighted by Gasteiger charge is 2.28. The zero-order valence-electron chi connectivity index (χ0n) is 11.6. The van der Waals surface area contributed by atoms with Crippen LogP contribution < -0.4 is 16.0 Å². The molecule has 108 valence electrons. The quantitative estimate of drug-likeness (QED) is 0.860. The number of nitrogens with two attached hydrogens (primary N) is 1. The van der Waals surface area contributed by atoms with E-state index in [1.807, 2.05) is 19.9 Å². The molecular formula is C15H14BrN3O2. The lowest BCUT2D eigenvalue weighted by Gasteiger charge is -2.31. The summed E-state index contributed by atoms with van der Waals surface area (Å²) in [5, 5.41) is 0. The summed E-state index contributed by atoms with van der Waals surface area (Å²) in [6.07, 6.45) is 6.84. The standard InChI is InChI=1S/C15H14BrN3O2/c1-15(2)6-12(10-7-18-4-3-13(10)21-15)19-8-9(17)5-11(16)14(19)20/h3-8H,17H2,1-2H3. The number of nitrogen functional groups attached to an aromatic ring is 1. The fourth-order valence-corrected chi connectivity index (χ4v) is 2.78. The van der Waals surface area contributed by atoms with E-state index in [1.54, 1.807) is 30.7 Å². The maximum Gasteiger partial charge on any atom is 0.269 e. The lowest BCUT2D eigenvalue weighted by molar-refractivity contribution is 0.157. The van der Waals surface area contributed by atoms with Crippen LogP contribution in [-0.2, 0) is 0 Å². The van der Waals surface area contributed by atoms with E-state index in [1.165, 1.54) is 4.57 Å². The molecule has 3 heterocycles. The van der Waals surface area contributed by atoms with Gasteiger partial charge < -0.3 is 10.5 Å². The Morgan fingerprint density at radius 1 is 1.43 bits per heavy atom. The Morgan fingerprint density at radius 2 is 2.19 bits per heavy atom. The smallest absolute Gasteiger partial charge is 0.269 e. The third-order valence-electron chi connectivity index (χ3n) is 3.17. The van der Waals surface area contributed by atoms with Crippen LogP contribution in [0.2, 0.25) is 0 Å². The third-order valence-corrected chi connectivity index (χ3v) is 3.74. The van der Waals surface area contributed by atoms with Crippen molar-refractivity contribution < 1.29 is 4.74 Å². The number of hydrogen-bond donors (Lipinski definition) is 1. The van der Waals surface area contributed by atoms with Gasteiger partial charge in [0.15, 0.2) is 0 Å². The minimum absolute atomic E-state index is 0.178. The van der Waals surface area contributed by atoms with E-state index in [0.717, 1.165) is 5.56 Å². The molecule has 0 amide bonds. The van der Waals surface area contributed by atoms with Gasteiger partial charge in [-0.1, -0.05) is 0 Å². The Bertz CT molecular complexity index is 809. The molecule has 2 aromatic rings. The van der Waals surface area contributed by atoms with Gasteiger partial charge in [0.25, 0.3) is 5.56 Å². The third kappa shape index (κ3) is 2.47. The molecule has 0 saturated heterocycles. The topological polar surface area (TPSA) is 70.1 Å². The predicted molar refractivity (Wildman–Crippen MR) is 85.1 cm³/mol. The summed E-state index contributed by atoms with van der Waals surface area (Å²) in [5.74, 6) is 0.693. The first-order valence-electron chi connectivity index (χ1n) is 6.42. The summed E-state index contributed by atoms with van der Waals surface area (Å²) >= 11 is 3.24. The van der Waals surface area contributed by atoms with Crippen molar-refractivity contribution in [2.24, 2.45) is 0 Å². The van der Waals surface area contributed by atoms with Crippen molar-refractivity contribution in [1.82, 2.24) is 9.55 Å². The van der Waals surface area contributed by atoms with E-state index in [4.69, 9.17) is 10.5 Å². The minimum atomic E-state index is -0.528. The van der Waals surface area contributed by atoms with Crippen molar-refractivity contribution >= 4 is 27.3 Å². The first kappa shape index (κ1) is 13.9. The van der Waals surface area contributed by atoms with Crippen LogP contribution in [0, 0.1) is 0 Å². The number of aromatic nitrogens is 2. The van der Waals surface area contributed by atoms with Crippen LogP contribution in [0.4, 0.5) is 5.69 Å². The van der Waals surface area contributed by atoms with Gasteiger partial charge in [0.05, 0.1) is 15.7 Å². The molecule has 1 aliphatic rings. The van der Waals surface area contributed by atoms with Crippen LogP contribution in [0.25, 0.3) is 5.70 Å². The molecule has 0 radical (unpaired) electrons. The van der Waals surface area contributed by atoms with E-state index in [-0.39, 0.29) is 5.56 Å². The fraction of sp³-hybridized carbons (Fsp3) is 0.200. The van der Waals surface area contributed by atoms with E-state index >= 15 is 0 Å². The molecule has 1 aliphatic heterocycles. The molecule has 21 heavy (non-hydrogen) atoms. The highest BCUT2D eigenvalue weighted by atomic mass is 79.9. The average Bonchev–Trinajstić information content (AvgIpc) is 2.41. The molecule has 0 saturated carbocycles. The van der Waals surface area contributed by atoms with Crippen molar-refractivity contribution in [3.63, 3.8) is 0 Å². The lowest BCUT2D eigenvalue weighted by Crippen LogP contribution is -2.32. The molecule has 0 bridgehead atoms. The van der Waals surface area contributed by atoms with Crippen LogP contribution >= 0.6 is 15.9 Å². The van der Waals surface area contributed by atoms with E-state index in [9.17, 15) is 4.79 Å². The second kappa shape index (κ2) is 4.73. The van der Waals surface area contributed by atoms with Crippen LogP contribution in [0.3, 0.4) is 0 Å². The Hall–Kier alpha value is -2.08. The van der Waals surface area contributed by atoms with E-state index in [2.05, 4.69) is 20.9 Å². The Labute approximate surface area is 130 Å². The summed E-state index contributed by atoms with van der Waals surface area (Å²) in [6, 6.07) is 3.38. The molecule has 0 unspecified atom stereocenters. The van der Waals surface area contributed by atoms with Gasteiger partial charge in [0.1, 0.15) is 11.4 Å². The maximum atomic E-state index is 12.4. The van der Waals surface area contributed by atoms with Crippen LogP contribution in [0.5, 0.6) is 5.75 Å². The van der Waals surface area contributed by atoms with Gasteiger partial charge in [-0.2, -0.15) is 0 Å². The minimum Gasteiger partial charge on any atom is -0.483 e. The van der Waals surface area contributed by atoms with Crippen molar-refractivity contribution in [3.8, 4) is 5.75 Å². The van der Waals surface area contributed by atoms with E-state index in [0.29, 0.717) is 21.6 Å². The monoisotopic (exact) mass is 347 g/mol. The molecule has 0 spiro atoms. The highest BCUT2D eigenvalue weighted by Crippen LogP contribution is 2.35. The first-order valence-corrected chi connectivity index (χ1v) is 7.21. The van der Waals surface area contributed by atoms with Crippen LogP contribution in [-0.4, -0.2) is 15.2 Å². The van der Waals surface area contributed by atoms with Gasteiger partial charge in [-0.05, 0) is 48.0 Å². The Balaban J connectivity index is 2.30. The highest BCUT2D eigenvalue weighted by molar-refractivity contribution is 9.10. The van der Waals surface area contributed by atoms with Gasteiger partial charge in [-0.3, -0.25) is 14.3 Å². The summed E-state index contributed by atoms with van der Waals surface area (Å²) < 4.78 is 7.83. The summed E-state index contributed by atoms with van der Waals surface area (Å²) in [4.78, 5) is 16.5. The zero-order valence-corrected chi connectivity index (χ0v) is 13.2. The normalized spacial score (nSPS) is 15.9. The molecule has 0 atom stereocenters. The Kier molecular flexibility index (Phi) is 3.13. The van der Waals surface area contributed by atoms with Crippen molar-refractivity contribution in [2.45, 2.75) is 19.4 Å².